The van der Waals surface area contributed by atoms with Crippen LogP contribution in [-0.4, -0.2) is 51.2 Å². The second kappa shape index (κ2) is 15.6. The second-order valence-electron chi connectivity index (χ2n) is 17.1. The first-order valence-electron chi connectivity index (χ1n) is 19.0. The molecule has 2 heterocycles. The molecule has 0 spiro atoms. The Kier molecular flexibility index (Phi) is 12.7. The maximum absolute atomic E-state index is 6.77. The molecule has 2 fully saturated rings. The van der Waals surface area contributed by atoms with E-state index < -0.39 is 0 Å². The van der Waals surface area contributed by atoms with Crippen LogP contribution in [0.3, 0.4) is 0 Å². The quantitative estimate of drug-likeness (QED) is 0.102. The summed E-state index contributed by atoms with van der Waals surface area (Å²) < 4.78 is 36.5. The molecule has 6 nitrogen and oxygen atoms in total. The fraction of sp³-hybridized carbons (Fsp3) is 0.721. The van der Waals surface area contributed by atoms with Crippen molar-refractivity contribution in [1.29, 1.82) is 0 Å². The minimum atomic E-state index is -0.374. The van der Waals surface area contributed by atoms with Gasteiger partial charge in [-0.3, -0.25) is 0 Å². The predicted molar refractivity (Wildman–Crippen MR) is 201 cm³/mol. The largest absolute Gasteiger partial charge is 0.465 e. The summed E-state index contributed by atoms with van der Waals surface area (Å²) in [6.45, 7) is 34.4. The second-order valence-corrected chi connectivity index (χ2v) is 17.1. The molecule has 2 aliphatic heterocycles. The predicted octanol–water partition coefficient (Wildman–Crippen LogP) is 10.3. The molecule has 0 N–H and O–H groups in total. The van der Waals surface area contributed by atoms with Gasteiger partial charge < -0.3 is 28.4 Å². The van der Waals surface area contributed by atoms with Crippen LogP contribution in [0, 0.1) is 0 Å². The Labute approximate surface area is 298 Å². The summed E-state index contributed by atoms with van der Waals surface area (Å²) in [7, 11) is 0. The summed E-state index contributed by atoms with van der Waals surface area (Å²) in [5.74, 6) is 1.95. The number of hydrogen-bond donors (Lipinski definition) is 0. The lowest BCUT2D eigenvalue weighted by Gasteiger charge is -2.35. The Morgan fingerprint density at radius 3 is 1.04 bits per heavy atom. The summed E-state index contributed by atoms with van der Waals surface area (Å²) in [5.41, 5.74) is 7.23. The van der Waals surface area contributed by atoms with Crippen LogP contribution in [0.15, 0.2) is 24.3 Å². The topological polar surface area (TPSA) is 62.0 Å². The maximum Gasteiger partial charge on any atom is 0.197 e. The lowest BCUT2D eigenvalue weighted by Crippen LogP contribution is -2.28. The van der Waals surface area contributed by atoms with Crippen molar-refractivity contribution in [2.24, 2.45) is 0 Å². The van der Waals surface area contributed by atoms with Crippen LogP contribution in [0.25, 0.3) is 0 Å². The van der Waals surface area contributed by atoms with Crippen molar-refractivity contribution in [3.8, 4) is 11.5 Å². The normalized spacial score (nSPS) is 19.5. The third-order valence-corrected chi connectivity index (χ3v) is 11.6. The number of rotatable bonds is 20. The molecule has 2 aliphatic rings. The number of hydrogen-bond acceptors (Lipinski definition) is 6. The summed E-state index contributed by atoms with van der Waals surface area (Å²) >= 11 is 0. The zero-order chi connectivity index (χ0) is 36.4. The first-order valence-corrected chi connectivity index (χ1v) is 19.0. The Morgan fingerprint density at radius 1 is 0.551 bits per heavy atom. The van der Waals surface area contributed by atoms with Gasteiger partial charge in [0.2, 0.25) is 0 Å². The molecule has 0 aliphatic carbocycles. The van der Waals surface area contributed by atoms with Crippen LogP contribution in [0.2, 0.25) is 0 Å². The Morgan fingerprint density at radius 2 is 0.816 bits per heavy atom. The van der Waals surface area contributed by atoms with E-state index in [2.05, 4.69) is 107 Å². The van der Waals surface area contributed by atoms with Crippen LogP contribution < -0.4 is 9.47 Å². The molecule has 6 heteroatoms. The van der Waals surface area contributed by atoms with Gasteiger partial charge >= 0.3 is 0 Å². The van der Waals surface area contributed by atoms with Crippen LogP contribution in [-0.2, 0) is 47.0 Å². The standard InChI is InChI=1S/C43H68O6/c1-15-40(7,8)34-20-30(21-35(41(9,10)16-2)38(34)48-28(5)44-24-32-26-46-32)19-31-22-36(42(11,12)17-3)39(37(23-31)43(13,14)18-4)49-29(6)45-25-33-27-47-33/h20-23,28-29,32-33H,15-19,24-27H2,1-14H3. The minimum absolute atomic E-state index is 0.0900. The highest BCUT2D eigenvalue weighted by atomic mass is 16.7. The van der Waals surface area contributed by atoms with Crippen molar-refractivity contribution >= 4 is 0 Å². The van der Waals surface area contributed by atoms with Gasteiger partial charge in [-0.2, -0.15) is 0 Å². The van der Waals surface area contributed by atoms with Crippen molar-refractivity contribution in [2.45, 2.75) is 175 Å². The zero-order valence-electron chi connectivity index (χ0n) is 33.4. The molecule has 2 aromatic rings. The van der Waals surface area contributed by atoms with Crippen molar-refractivity contribution in [1.82, 2.24) is 0 Å². The Balaban J connectivity index is 1.85. The van der Waals surface area contributed by atoms with E-state index in [4.69, 9.17) is 28.4 Å². The lowest BCUT2D eigenvalue weighted by atomic mass is 9.73. The third-order valence-electron chi connectivity index (χ3n) is 11.6. The van der Waals surface area contributed by atoms with E-state index in [0.29, 0.717) is 13.2 Å². The fourth-order valence-corrected chi connectivity index (χ4v) is 6.06. The molecule has 2 saturated heterocycles. The summed E-state index contributed by atoms with van der Waals surface area (Å²) in [5, 5.41) is 0. The Bertz CT molecular complexity index is 1220. The van der Waals surface area contributed by atoms with Gasteiger partial charge in [0, 0.05) is 22.3 Å². The summed E-state index contributed by atoms with van der Waals surface area (Å²) in [4.78, 5) is 0. The first kappa shape index (κ1) is 39.7. The molecule has 49 heavy (non-hydrogen) atoms. The molecule has 0 saturated carbocycles. The van der Waals surface area contributed by atoms with E-state index in [9.17, 15) is 0 Å². The zero-order valence-corrected chi connectivity index (χ0v) is 33.4. The van der Waals surface area contributed by atoms with Crippen molar-refractivity contribution in [3.63, 3.8) is 0 Å². The average Bonchev–Trinajstić information content (AvgIpc) is 3.99. The number of epoxide rings is 2. The van der Waals surface area contributed by atoms with Crippen LogP contribution in [0.5, 0.6) is 11.5 Å². The number of ether oxygens (including phenoxy) is 6. The molecule has 0 radical (unpaired) electrons. The van der Waals surface area contributed by atoms with E-state index in [0.717, 1.165) is 56.8 Å². The van der Waals surface area contributed by atoms with Gasteiger partial charge in [0.15, 0.2) is 12.6 Å². The smallest absolute Gasteiger partial charge is 0.197 e. The van der Waals surface area contributed by atoms with Crippen LogP contribution >= 0.6 is 0 Å². The molecule has 4 rings (SSSR count). The average molecular weight is 681 g/mol. The van der Waals surface area contributed by atoms with E-state index in [1.165, 1.54) is 33.4 Å². The van der Waals surface area contributed by atoms with E-state index in [1.807, 2.05) is 13.8 Å². The molecular formula is C43H68O6. The molecule has 4 atom stereocenters. The van der Waals surface area contributed by atoms with Crippen LogP contribution in [0.1, 0.15) is 156 Å². The van der Waals surface area contributed by atoms with Gasteiger partial charge in [-0.05, 0) is 78.7 Å². The molecule has 0 aromatic heterocycles. The monoisotopic (exact) mass is 681 g/mol. The van der Waals surface area contributed by atoms with E-state index >= 15 is 0 Å². The molecular weight excluding hydrogens is 612 g/mol. The van der Waals surface area contributed by atoms with Gasteiger partial charge in [0.25, 0.3) is 0 Å². The molecule has 4 unspecified atom stereocenters. The van der Waals surface area contributed by atoms with Crippen LogP contribution in [0.4, 0.5) is 0 Å². The highest BCUT2D eigenvalue weighted by Gasteiger charge is 2.35. The summed E-state index contributed by atoms with van der Waals surface area (Å²) in [6, 6.07) is 9.61. The van der Waals surface area contributed by atoms with Gasteiger partial charge in [-0.25, -0.2) is 0 Å². The lowest BCUT2D eigenvalue weighted by molar-refractivity contribution is -0.0727. The maximum atomic E-state index is 6.77. The van der Waals surface area contributed by atoms with Crippen molar-refractivity contribution in [3.05, 3.63) is 57.6 Å². The molecule has 276 valence electrons. The van der Waals surface area contributed by atoms with Crippen molar-refractivity contribution in [2.75, 3.05) is 26.4 Å². The Hall–Kier alpha value is -2.12. The minimum Gasteiger partial charge on any atom is -0.465 e. The van der Waals surface area contributed by atoms with E-state index in [1.54, 1.807) is 0 Å². The van der Waals surface area contributed by atoms with Gasteiger partial charge in [0.05, 0.1) is 26.4 Å². The third kappa shape index (κ3) is 10.0. The highest BCUT2D eigenvalue weighted by molar-refractivity contribution is 5.55. The number of benzene rings is 2. The molecule has 0 bridgehead atoms. The SMILES string of the molecule is CCC(C)(C)c1cc(Cc2cc(C(C)(C)CC)c(OC(C)OCC3CO3)c(C(C)(C)CC)c2)cc(C(C)(C)CC)c1OC(C)OCC1CO1. The first-order chi connectivity index (χ1) is 22.9. The summed E-state index contributed by atoms with van der Waals surface area (Å²) in [6.07, 6.45) is 4.43. The molecule has 2 aromatic carbocycles. The van der Waals surface area contributed by atoms with E-state index in [-0.39, 0.29) is 46.4 Å². The fourth-order valence-electron chi connectivity index (χ4n) is 6.06. The molecule has 0 amide bonds. The van der Waals surface area contributed by atoms with Gasteiger partial charge in [-0.15, -0.1) is 0 Å². The van der Waals surface area contributed by atoms with Gasteiger partial charge in [0.1, 0.15) is 23.7 Å². The van der Waals surface area contributed by atoms with Crippen molar-refractivity contribution < 1.29 is 28.4 Å². The van der Waals surface area contributed by atoms with Gasteiger partial charge in [-0.1, -0.05) is 107 Å². The highest BCUT2D eigenvalue weighted by Crippen LogP contribution is 2.46.